The second-order valence-corrected chi connectivity index (χ2v) is 5.16. The Morgan fingerprint density at radius 3 is 3.18 bits per heavy atom. The van der Waals surface area contributed by atoms with Crippen molar-refractivity contribution in [1.29, 1.82) is 0 Å². The van der Waals surface area contributed by atoms with Gasteiger partial charge in [0.25, 0.3) is 5.91 Å². The summed E-state index contributed by atoms with van der Waals surface area (Å²) in [5, 5.41) is 5.58. The fraction of sp³-hybridized carbons (Fsp3) is 0.727. The van der Waals surface area contributed by atoms with E-state index >= 15 is 0 Å². The van der Waals surface area contributed by atoms with Gasteiger partial charge in [0.2, 0.25) is 0 Å². The van der Waals surface area contributed by atoms with Crippen molar-refractivity contribution < 1.29 is 9.53 Å². The lowest BCUT2D eigenvalue weighted by atomic mass is 9.90. The number of hydrogen-bond acceptors (Lipinski definition) is 5. The molecule has 1 amide bonds. The maximum Gasteiger partial charge on any atom is 0.275 e. The number of carbonyl (C=O) groups excluding carboxylic acids is 1. The maximum absolute atomic E-state index is 12.3. The van der Waals surface area contributed by atoms with Crippen LogP contribution in [0, 0.1) is 0 Å². The van der Waals surface area contributed by atoms with E-state index in [-0.39, 0.29) is 18.1 Å². The number of amides is 1. The average Bonchev–Trinajstić information content (AvgIpc) is 2.91. The molecule has 2 heterocycles. The molecule has 92 valence electrons. The number of aromatic nitrogens is 2. The summed E-state index contributed by atoms with van der Waals surface area (Å²) in [4.78, 5) is 14.2. The van der Waals surface area contributed by atoms with E-state index in [1.54, 1.807) is 5.38 Å². The molecule has 0 bridgehead atoms. The van der Waals surface area contributed by atoms with Gasteiger partial charge < -0.3 is 9.64 Å². The van der Waals surface area contributed by atoms with Gasteiger partial charge >= 0.3 is 0 Å². The van der Waals surface area contributed by atoms with E-state index in [2.05, 4.69) is 9.59 Å². The van der Waals surface area contributed by atoms with E-state index in [0.717, 1.165) is 12.8 Å². The second-order valence-electron chi connectivity index (χ2n) is 4.55. The molecule has 3 rings (SSSR count). The monoisotopic (exact) mass is 253 g/mol. The summed E-state index contributed by atoms with van der Waals surface area (Å²) in [5.74, 6) is 0.0129. The van der Waals surface area contributed by atoms with Crippen LogP contribution in [0.3, 0.4) is 0 Å². The molecule has 0 spiro atoms. The van der Waals surface area contributed by atoms with Crippen molar-refractivity contribution in [1.82, 2.24) is 14.5 Å². The first-order chi connectivity index (χ1) is 8.36. The molecule has 1 saturated heterocycles. The Hall–Kier alpha value is -1.01. The zero-order valence-electron chi connectivity index (χ0n) is 9.54. The van der Waals surface area contributed by atoms with Gasteiger partial charge in [-0.3, -0.25) is 4.79 Å². The number of hydrogen-bond donors (Lipinski definition) is 0. The highest BCUT2D eigenvalue weighted by molar-refractivity contribution is 7.03. The smallest absolute Gasteiger partial charge is 0.275 e. The first-order valence-corrected chi connectivity index (χ1v) is 6.89. The first kappa shape index (κ1) is 11.1. The average molecular weight is 253 g/mol. The van der Waals surface area contributed by atoms with Crippen LogP contribution >= 0.6 is 11.5 Å². The zero-order valence-corrected chi connectivity index (χ0v) is 10.4. The van der Waals surface area contributed by atoms with Gasteiger partial charge in [-0.25, -0.2) is 0 Å². The van der Waals surface area contributed by atoms with Crippen LogP contribution in [0.5, 0.6) is 0 Å². The normalized spacial score (nSPS) is 28.8. The summed E-state index contributed by atoms with van der Waals surface area (Å²) in [6.45, 7) is 1.32. The fourth-order valence-electron chi connectivity index (χ4n) is 2.75. The van der Waals surface area contributed by atoms with Crippen LogP contribution in [-0.4, -0.2) is 45.7 Å². The molecule has 1 aromatic heterocycles. The molecule has 0 radical (unpaired) electrons. The minimum absolute atomic E-state index is 0.0129. The van der Waals surface area contributed by atoms with E-state index in [4.69, 9.17) is 4.74 Å². The molecule has 17 heavy (non-hydrogen) atoms. The molecule has 1 aliphatic heterocycles. The van der Waals surface area contributed by atoms with Crippen molar-refractivity contribution in [2.24, 2.45) is 0 Å². The maximum atomic E-state index is 12.3. The number of ether oxygens (including phenoxy) is 1. The fourth-order valence-corrected chi connectivity index (χ4v) is 3.18. The quantitative estimate of drug-likeness (QED) is 0.757. The highest BCUT2D eigenvalue weighted by Crippen LogP contribution is 2.29. The molecule has 1 aliphatic carbocycles. The Balaban J connectivity index is 1.79. The number of fused-ring (bicyclic) bond motifs is 1. The van der Waals surface area contributed by atoms with Crippen molar-refractivity contribution in [3.8, 4) is 0 Å². The van der Waals surface area contributed by atoms with E-state index in [9.17, 15) is 4.79 Å². The Kier molecular flexibility index (Phi) is 3.07. The topological polar surface area (TPSA) is 55.3 Å². The lowest BCUT2D eigenvalue weighted by Crippen LogP contribution is -2.54. The van der Waals surface area contributed by atoms with Crippen LogP contribution in [0.25, 0.3) is 0 Å². The Morgan fingerprint density at radius 1 is 1.47 bits per heavy atom. The lowest BCUT2D eigenvalue weighted by molar-refractivity contribution is -0.0754. The molecule has 0 unspecified atom stereocenters. The van der Waals surface area contributed by atoms with Gasteiger partial charge in [-0.2, -0.15) is 0 Å². The van der Waals surface area contributed by atoms with Crippen molar-refractivity contribution in [2.75, 3.05) is 13.2 Å². The second kappa shape index (κ2) is 4.70. The standard InChI is InChI=1S/C11H15N3O2S/c15-11(8-7-17-13-12-8)14-5-6-16-10-4-2-1-3-9(10)14/h7,9-10H,1-6H2/t9-,10-/m1/s1. The SMILES string of the molecule is O=C(c1csnn1)N1CCO[C@@H]2CCCC[C@H]21. The minimum Gasteiger partial charge on any atom is -0.374 e. The Bertz CT molecular complexity index is 393. The van der Waals surface area contributed by atoms with Crippen LogP contribution in [0.15, 0.2) is 5.38 Å². The molecule has 2 aliphatic rings. The van der Waals surface area contributed by atoms with E-state index in [1.807, 2.05) is 4.90 Å². The molecule has 1 aromatic rings. The zero-order chi connectivity index (χ0) is 11.7. The molecule has 2 atom stereocenters. The van der Waals surface area contributed by atoms with Crippen molar-refractivity contribution >= 4 is 17.4 Å². The Morgan fingerprint density at radius 2 is 2.35 bits per heavy atom. The lowest BCUT2D eigenvalue weighted by Gasteiger charge is -2.43. The molecule has 6 heteroatoms. The largest absolute Gasteiger partial charge is 0.374 e. The van der Waals surface area contributed by atoms with Crippen LogP contribution in [0.4, 0.5) is 0 Å². The summed E-state index contributed by atoms with van der Waals surface area (Å²) >= 11 is 1.22. The predicted molar refractivity (Wildman–Crippen MR) is 62.9 cm³/mol. The van der Waals surface area contributed by atoms with E-state index in [1.165, 1.54) is 24.4 Å². The van der Waals surface area contributed by atoms with Gasteiger partial charge in [-0.15, -0.1) is 5.10 Å². The van der Waals surface area contributed by atoms with Gasteiger partial charge in [0.05, 0.1) is 18.8 Å². The molecular weight excluding hydrogens is 238 g/mol. The molecular formula is C11H15N3O2S. The summed E-state index contributed by atoms with van der Waals surface area (Å²) in [7, 11) is 0. The highest BCUT2D eigenvalue weighted by atomic mass is 32.1. The number of morpholine rings is 1. The van der Waals surface area contributed by atoms with E-state index < -0.39 is 0 Å². The van der Waals surface area contributed by atoms with Crippen LogP contribution in [0.1, 0.15) is 36.2 Å². The van der Waals surface area contributed by atoms with Crippen molar-refractivity contribution in [3.05, 3.63) is 11.1 Å². The van der Waals surface area contributed by atoms with Crippen LogP contribution < -0.4 is 0 Å². The molecule has 5 nitrogen and oxygen atoms in total. The van der Waals surface area contributed by atoms with Gasteiger partial charge in [0.1, 0.15) is 0 Å². The van der Waals surface area contributed by atoms with Crippen LogP contribution in [0.2, 0.25) is 0 Å². The van der Waals surface area contributed by atoms with Crippen molar-refractivity contribution in [3.63, 3.8) is 0 Å². The molecule has 0 N–H and O–H groups in total. The number of rotatable bonds is 1. The van der Waals surface area contributed by atoms with E-state index in [0.29, 0.717) is 18.8 Å². The number of nitrogens with zero attached hydrogens (tertiary/aromatic N) is 3. The molecule has 2 fully saturated rings. The summed E-state index contributed by atoms with van der Waals surface area (Å²) in [5.41, 5.74) is 0.473. The third-order valence-electron chi connectivity index (χ3n) is 3.57. The number of carbonyl (C=O) groups is 1. The van der Waals surface area contributed by atoms with Gasteiger partial charge in [0.15, 0.2) is 5.69 Å². The van der Waals surface area contributed by atoms with Gasteiger partial charge in [0, 0.05) is 11.9 Å². The minimum atomic E-state index is 0.0129. The van der Waals surface area contributed by atoms with Crippen molar-refractivity contribution in [2.45, 2.75) is 37.8 Å². The summed E-state index contributed by atoms with van der Waals surface area (Å²) in [6, 6.07) is 0.242. The van der Waals surface area contributed by atoms with Gasteiger partial charge in [-0.05, 0) is 24.4 Å². The third kappa shape index (κ3) is 2.07. The van der Waals surface area contributed by atoms with Gasteiger partial charge in [-0.1, -0.05) is 17.3 Å². The predicted octanol–water partition coefficient (Wildman–Crippen LogP) is 1.32. The third-order valence-corrected chi connectivity index (χ3v) is 4.08. The summed E-state index contributed by atoms with van der Waals surface area (Å²) < 4.78 is 9.51. The molecule has 0 aromatic carbocycles. The van der Waals surface area contributed by atoms with Crippen LogP contribution in [-0.2, 0) is 4.74 Å². The highest BCUT2D eigenvalue weighted by Gasteiger charge is 2.37. The summed E-state index contributed by atoms with van der Waals surface area (Å²) in [6.07, 6.45) is 4.75. The first-order valence-electron chi connectivity index (χ1n) is 6.06. The molecule has 1 saturated carbocycles. The Labute approximate surface area is 104 Å².